The molecule has 0 saturated carbocycles. The number of anilines is 1. The molecule has 1 saturated heterocycles. The number of β-amino-alcohol motifs (C(OH)–C–C–N with tert-alkyl or cyclic N) is 1. The van der Waals surface area contributed by atoms with Crippen molar-refractivity contribution in [2.45, 2.75) is 0 Å². The fourth-order valence-electron chi connectivity index (χ4n) is 2.08. The van der Waals surface area contributed by atoms with Gasteiger partial charge in [-0.15, -0.1) is 0 Å². The number of hydrogen-bond donors (Lipinski definition) is 1. The third-order valence-electron chi connectivity index (χ3n) is 3.08. The van der Waals surface area contributed by atoms with Crippen molar-refractivity contribution in [3.8, 4) is 5.88 Å². The fourth-order valence-corrected chi connectivity index (χ4v) is 2.08. The number of rotatable bonds is 4. The van der Waals surface area contributed by atoms with Crippen LogP contribution in [0.1, 0.15) is 0 Å². The van der Waals surface area contributed by atoms with Crippen molar-refractivity contribution in [3.05, 3.63) is 18.3 Å². The average Bonchev–Trinajstić information content (AvgIpc) is 2.40. The maximum Gasteiger partial charge on any atom is 0.214 e. The molecule has 0 bridgehead atoms. The van der Waals surface area contributed by atoms with Gasteiger partial charge in [0.1, 0.15) is 0 Å². The summed E-state index contributed by atoms with van der Waals surface area (Å²) in [5, 5.41) is 8.89. The van der Waals surface area contributed by atoms with Crippen LogP contribution in [0.4, 0.5) is 5.69 Å². The molecule has 1 aliphatic rings. The average molecular weight is 237 g/mol. The van der Waals surface area contributed by atoms with E-state index < -0.39 is 0 Å². The summed E-state index contributed by atoms with van der Waals surface area (Å²) in [6.45, 7) is 4.95. The third kappa shape index (κ3) is 3.08. The van der Waals surface area contributed by atoms with Crippen LogP contribution in [0.5, 0.6) is 5.88 Å². The zero-order valence-electron chi connectivity index (χ0n) is 10.2. The number of methoxy groups -OCH3 is 1. The Kier molecular flexibility index (Phi) is 4.17. The predicted molar refractivity (Wildman–Crippen MR) is 66.5 cm³/mol. The standard InChI is InChI=1S/C12H19N3O2/c1-17-12-10-11(2-3-13-12)15-6-4-14(5-7-15)8-9-16/h2-3,10,16H,4-9H2,1H3. The van der Waals surface area contributed by atoms with E-state index >= 15 is 0 Å². The van der Waals surface area contributed by atoms with Gasteiger partial charge in [-0.2, -0.15) is 0 Å². The lowest BCUT2D eigenvalue weighted by Crippen LogP contribution is -2.47. The normalized spacial score (nSPS) is 17.2. The van der Waals surface area contributed by atoms with E-state index in [2.05, 4.69) is 14.8 Å². The van der Waals surface area contributed by atoms with Crippen molar-refractivity contribution in [2.24, 2.45) is 0 Å². The molecule has 1 aromatic rings. The summed E-state index contributed by atoms with van der Waals surface area (Å²) in [6, 6.07) is 3.96. The number of aromatic nitrogens is 1. The van der Waals surface area contributed by atoms with Gasteiger partial charge in [0, 0.05) is 50.7 Å². The van der Waals surface area contributed by atoms with Gasteiger partial charge in [-0.1, -0.05) is 0 Å². The molecule has 1 N–H and O–H groups in total. The molecule has 1 fully saturated rings. The van der Waals surface area contributed by atoms with Crippen LogP contribution in [0, 0.1) is 0 Å². The van der Waals surface area contributed by atoms with Crippen molar-refractivity contribution in [3.63, 3.8) is 0 Å². The molecule has 1 aromatic heterocycles. The van der Waals surface area contributed by atoms with Crippen molar-refractivity contribution < 1.29 is 9.84 Å². The Balaban J connectivity index is 1.95. The number of pyridine rings is 1. The van der Waals surface area contributed by atoms with Gasteiger partial charge in [0.15, 0.2) is 0 Å². The first-order valence-electron chi connectivity index (χ1n) is 5.91. The van der Waals surface area contributed by atoms with Crippen LogP contribution in [-0.2, 0) is 0 Å². The molecule has 0 unspecified atom stereocenters. The minimum atomic E-state index is 0.239. The molecule has 0 spiro atoms. The molecule has 2 rings (SSSR count). The van der Waals surface area contributed by atoms with E-state index in [4.69, 9.17) is 9.84 Å². The minimum absolute atomic E-state index is 0.239. The lowest BCUT2D eigenvalue weighted by Gasteiger charge is -2.35. The van der Waals surface area contributed by atoms with Gasteiger partial charge in [0.05, 0.1) is 13.7 Å². The van der Waals surface area contributed by atoms with Gasteiger partial charge in [-0.05, 0) is 6.07 Å². The Morgan fingerprint density at radius 2 is 2.12 bits per heavy atom. The molecule has 0 aromatic carbocycles. The number of aliphatic hydroxyl groups excluding tert-OH is 1. The van der Waals surface area contributed by atoms with Crippen LogP contribution >= 0.6 is 0 Å². The maximum absolute atomic E-state index is 8.89. The van der Waals surface area contributed by atoms with Crippen molar-refractivity contribution in [1.82, 2.24) is 9.88 Å². The number of hydrogen-bond acceptors (Lipinski definition) is 5. The lowest BCUT2D eigenvalue weighted by atomic mass is 10.2. The molecule has 5 nitrogen and oxygen atoms in total. The second-order valence-electron chi connectivity index (χ2n) is 4.11. The number of piperazine rings is 1. The van der Waals surface area contributed by atoms with E-state index in [-0.39, 0.29) is 6.61 Å². The summed E-state index contributed by atoms with van der Waals surface area (Å²) in [7, 11) is 1.63. The summed E-state index contributed by atoms with van der Waals surface area (Å²) < 4.78 is 5.12. The van der Waals surface area contributed by atoms with Crippen LogP contribution in [0.15, 0.2) is 18.3 Å². The quantitative estimate of drug-likeness (QED) is 0.811. The van der Waals surface area contributed by atoms with Crippen molar-refractivity contribution >= 4 is 5.69 Å². The first-order valence-corrected chi connectivity index (χ1v) is 5.91. The second-order valence-corrected chi connectivity index (χ2v) is 4.11. The Labute approximate surface area is 102 Å². The smallest absolute Gasteiger partial charge is 0.214 e. The van der Waals surface area contributed by atoms with E-state index in [0.29, 0.717) is 5.88 Å². The number of aliphatic hydroxyl groups is 1. The molecule has 94 valence electrons. The molecule has 0 amide bonds. The third-order valence-corrected chi connectivity index (χ3v) is 3.08. The molecule has 0 atom stereocenters. The molecule has 1 aliphatic heterocycles. The van der Waals surface area contributed by atoms with E-state index in [1.807, 2.05) is 12.1 Å². The summed E-state index contributed by atoms with van der Waals surface area (Å²) >= 11 is 0. The van der Waals surface area contributed by atoms with Crippen molar-refractivity contribution in [2.75, 3.05) is 51.3 Å². The summed E-state index contributed by atoms with van der Waals surface area (Å²) in [5.74, 6) is 0.653. The highest BCUT2D eigenvalue weighted by Crippen LogP contribution is 2.19. The number of ether oxygens (including phenoxy) is 1. The highest BCUT2D eigenvalue weighted by molar-refractivity contribution is 5.48. The SMILES string of the molecule is COc1cc(N2CCN(CCO)CC2)ccn1. The van der Waals surface area contributed by atoms with Crippen LogP contribution in [0.2, 0.25) is 0 Å². The monoisotopic (exact) mass is 237 g/mol. The zero-order valence-corrected chi connectivity index (χ0v) is 10.2. The number of nitrogens with zero attached hydrogens (tertiary/aromatic N) is 3. The Morgan fingerprint density at radius 1 is 1.35 bits per heavy atom. The van der Waals surface area contributed by atoms with Crippen molar-refractivity contribution in [1.29, 1.82) is 0 Å². The van der Waals surface area contributed by atoms with E-state index in [0.717, 1.165) is 38.4 Å². The van der Waals surface area contributed by atoms with Crippen LogP contribution in [0.25, 0.3) is 0 Å². The van der Waals surface area contributed by atoms with E-state index in [9.17, 15) is 0 Å². The Bertz CT molecular complexity index is 351. The maximum atomic E-state index is 8.89. The lowest BCUT2D eigenvalue weighted by molar-refractivity contribution is 0.189. The van der Waals surface area contributed by atoms with Gasteiger partial charge in [0.2, 0.25) is 5.88 Å². The topological polar surface area (TPSA) is 48.8 Å². The summed E-state index contributed by atoms with van der Waals surface area (Å²) in [6.07, 6.45) is 1.77. The highest BCUT2D eigenvalue weighted by atomic mass is 16.5. The first kappa shape index (κ1) is 12.1. The molecule has 5 heteroatoms. The van der Waals surface area contributed by atoms with E-state index in [1.54, 1.807) is 13.3 Å². The largest absolute Gasteiger partial charge is 0.481 e. The summed E-state index contributed by atoms with van der Waals surface area (Å²) in [4.78, 5) is 8.70. The van der Waals surface area contributed by atoms with Crippen LogP contribution < -0.4 is 9.64 Å². The van der Waals surface area contributed by atoms with Crippen LogP contribution in [0.3, 0.4) is 0 Å². The van der Waals surface area contributed by atoms with Gasteiger partial charge in [-0.25, -0.2) is 4.98 Å². The molecular formula is C12H19N3O2. The Morgan fingerprint density at radius 3 is 2.76 bits per heavy atom. The molecular weight excluding hydrogens is 218 g/mol. The van der Waals surface area contributed by atoms with Crippen LogP contribution in [-0.4, -0.2) is 61.4 Å². The zero-order chi connectivity index (χ0) is 12.1. The molecule has 17 heavy (non-hydrogen) atoms. The van der Waals surface area contributed by atoms with E-state index in [1.165, 1.54) is 0 Å². The first-order chi connectivity index (χ1) is 8.33. The highest BCUT2D eigenvalue weighted by Gasteiger charge is 2.16. The minimum Gasteiger partial charge on any atom is -0.481 e. The molecule has 2 heterocycles. The van der Waals surface area contributed by atoms with Gasteiger partial charge in [-0.3, -0.25) is 4.90 Å². The fraction of sp³-hybridized carbons (Fsp3) is 0.583. The second kappa shape index (κ2) is 5.84. The van der Waals surface area contributed by atoms with Gasteiger partial charge in [0.25, 0.3) is 0 Å². The van der Waals surface area contributed by atoms with Gasteiger partial charge >= 0.3 is 0 Å². The Hall–Kier alpha value is -1.33. The van der Waals surface area contributed by atoms with Gasteiger partial charge < -0.3 is 14.7 Å². The predicted octanol–water partition coefficient (Wildman–Crippen LogP) is 0.204. The molecule has 0 radical (unpaired) electrons. The summed E-state index contributed by atoms with van der Waals surface area (Å²) in [5.41, 5.74) is 1.15. The molecule has 0 aliphatic carbocycles.